The number of rotatable bonds is 87. The molecule has 0 rings (SSSR count). The molecule has 636 valence electrons. The molecule has 0 heterocycles. The molecule has 0 fully saturated rings. The van der Waals surface area contributed by atoms with Crippen molar-refractivity contribution in [2.75, 3.05) is 39.6 Å². The average molecular weight is 1560 g/mol. The summed E-state index contributed by atoms with van der Waals surface area (Å²) in [5.74, 6) is -0.466. The lowest BCUT2D eigenvalue weighted by Gasteiger charge is -2.21. The smallest absolute Gasteiger partial charge is 0.462 e. The van der Waals surface area contributed by atoms with E-state index in [0.29, 0.717) is 25.7 Å². The normalized spacial score (nSPS) is 14.0. The molecule has 0 aromatic rings. The van der Waals surface area contributed by atoms with Gasteiger partial charge >= 0.3 is 39.5 Å². The van der Waals surface area contributed by atoms with E-state index in [4.69, 9.17) is 37.0 Å². The third kappa shape index (κ3) is 80.5. The van der Waals surface area contributed by atoms with E-state index in [0.717, 1.165) is 102 Å². The second-order valence-corrected chi connectivity index (χ2v) is 35.3. The maximum absolute atomic E-state index is 13.2. The molecule has 0 aliphatic carbocycles. The van der Waals surface area contributed by atoms with Crippen LogP contribution >= 0.6 is 15.6 Å². The Balaban J connectivity index is 5.18. The largest absolute Gasteiger partial charge is 0.472 e. The van der Waals surface area contributed by atoms with Crippen molar-refractivity contribution in [3.8, 4) is 0 Å². The second kappa shape index (κ2) is 79.3. The van der Waals surface area contributed by atoms with Crippen LogP contribution in [-0.4, -0.2) is 96.7 Å². The predicted molar refractivity (Wildman–Crippen MR) is 442 cm³/mol. The third-order valence-electron chi connectivity index (χ3n) is 21.1. The highest BCUT2D eigenvalue weighted by Gasteiger charge is 2.31. The summed E-state index contributed by atoms with van der Waals surface area (Å²) in [6, 6.07) is 0. The van der Waals surface area contributed by atoms with E-state index < -0.39 is 97.5 Å². The van der Waals surface area contributed by atoms with Gasteiger partial charge in [0.1, 0.15) is 19.3 Å². The molecule has 0 radical (unpaired) electrons. The zero-order valence-electron chi connectivity index (χ0n) is 70.5. The first-order chi connectivity index (χ1) is 51.9. The number of aliphatic hydroxyl groups is 1. The SMILES string of the molecule is CCCCCCCCCCCCCCCCCCCCCCCCC(=O)OC[C@H](COP(=O)(O)OC[C@@H](O)COP(=O)(O)OC[C@@H](COC(=O)CCCCCCCCCCC)OC(=O)CCCCCCCCCCCCCC(C)C)OC(=O)CCCCCCCCCCCCCCCCCCCCC(C)CC. The van der Waals surface area contributed by atoms with Crippen molar-refractivity contribution in [3.05, 3.63) is 0 Å². The average Bonchev–Trinajstić information content (AvgIpc) is 1.02. The standard InChI is InChI=1S/C88H172O17P2/c1-7-10-12-14-16-18-19-20-21-22-23-24-25-26-30-33-36-41-47-53-59-65-71-86(91)99-77-84(105-87(92)72-66-60-54-48-42-37-34-31-28-27-29-32-35-40-46-51-57-63-69-81(6)9-3)79-103-107(96,97)101-75-82(89)74-100-106(94,95)102-78-83(76-98-85(90)70-64-58-52-44-17-15-13-11-8-2)104-88(93)73-67-61-55-49-43-38-39-45-50-56-62-68-80(4)5/h80-84,89H,7-79H2,1-6H3,(H,94,95)(H,96,97)/t81?,82-,83+,84+/m0/s1. The molecule has 6 atom stereocenters. The second-order valence-electron chi connectivity index (χ2n) is 32.4. The van der Waals surface area contributed by atoms with Crippen LogP contribution in [-0.2, 0) is 65.4 Å². The number of ether oxygens (including phenoxy) is 4. The molecule has 0 aromatic heterocycles. The Morgan fingerprint density at radius 3 is 0.710 bits per heavy atom. The van der Waals surface area contributed by atoms with Crippen LogP contribution in [0.3, 0.4) is 0 Å². The first-order valence-corrected chi connectivity index (χ1v) is 48.5. The number of phosphoric acid groups is 2. The minimum absolute atomic E-state index is 0.107. The first-order valence-electron chi connectivity index (χ1n) is 45.5. The van der Waals surface area contributed by atoms with Gasteiger partial charge in [0, 0.05) is 25.7 Å². The van der Waals surface area contributed by atoms with Gasteiger partial charge in [0.2, 0.25) is 0 Å². The molecule has 0 aliphatic rings. The van der Waals surface area contributed by atoms with E-state index in [2.05, 4.69) is 41.5 Å². The Morgan fingerprint density at radius 1 is 0.271 bits per heavy atom. The first kappa shape index (κ1) is 105. The molecule has 0 amide bonds. The van der Waals surface area contributed by atoms with Gasteiger partial charge in [0.05, 0.1) is 26.4 Å². The molecular formula is C88H172O17P2. The van der Waals surface area contributed by atoms with Crippen molar-refractivity contribution in [2.45, 2.75) is 490 Å². The lowest BCUT2D eigenvalue weighted by molar-refractivity contribution is -0.161. The summed E-state index contributed by atoms with van der Waals surface area (Å²) in [4.78, 5) is 73.2. The van der Waals surface area contributed by atoms with Crippen molar-refractivity contribution in [3.63, 3.8) is 0 Å². The van der Waals surface area contributed by atoms with Gasteiger partial charge in [-0.15, -0.1) is 0 Å². The van der Waals surface area contributed by atoms with E-state index in [9.17, 15) is 43.2 Å². The fraction of sp³-hybridized carbons (Fsp3) is 0.955. The van der Waals surface area contributed by atoms with Gasteiger partial charge in [-0.2, -0.15) is 0 Å². The fourth-order valence-electron chi connectivity index (χ4n) is 13.7. The van der Waals surface area contributed by atoms with Gasteiger partial charge in [-0.05, 0) is 37.5 Å². The Kier molecular flexibility index (Phi) is 77.9. The lowest BCUT2D eigenvalue weighted by Crippen LogP contribution is -2.30. The summed E-state index contributed by atoms with van der Waals surface area (Å²) in [6.07, 6.45) is 72.4. The van der Waals surface area contributed by atoms with Gasteiger partial charge in [-0.3, -0.25) is 37.3 Å². The summed E-state index contributed by atoms with van der Waals surface area (Å²) < 4.78 is 68.9. The van der Waals surface area contributed by atoms with Crippen LogP contribution in [0.2, 0.25) is 0 Å². The van der Waals surface area contributed by atoms with Crippen molar-refractivity contribution in [1.82, 2.24) is 0 Å². The summed E-state index contributed by atoms with van der Waals surface area (Å²) in [6.45, 7) is 9.72. The molecule has 0 saturated carbocycles. The fourth-order valence-corrected chi connectivity index (χ4v) is 15.3. The van der Waals surface area contributed by atoms with Crippen molar-refractivity contribution < 1.29 is 80.2 Å². The van der Waals surface area contributed by atoms with Gasteiger partial charge in [0.15, 0.2) is 12.2 Å². The quantitative estimate of drug-likeness (QED) is 0.0222. The Hall–Kier alpha value is -1.94. The molecule has 19 heteroatoms. The molecule has 0 aliphatic heterocycles. The van der Waals surface area contributed by atoms with E-state index in [1.54, 1.807) is 0 Å². The maximum Gasteiger partial charge on any atom is 0.472 e. The van der Waals surface area contributed by atoms with Gasteiger partial charge in [0.25, 0.3) is 0 Å². The predicted octanol–water partition coefficient (Wildman–Crippen LogP) is 27.0. The molecule has 107 heavy (non-hydrogen) atoms. The number of hydrogen-bond donors (Lipinski definition) is 3. The number of aliphatic hydroxyl groups excluding tert-OH is 1. The molecule has 3 N–H and O–H groups in total. The Labute approximate surface area is 658 Å². The Bertz CT molecular complexity index is 2050. The number of hydrogen-bond acceptors (Lipinski definition) is 15. The zero-order chi connectivity index (χ0) is 78.5. The van der Waals surface area contributed by atoms with Crippen LogP contribution < -0.4 is 0 Å². The number of carbonyl (C=O) groups is 4. The number of carbonyl (C=O) groups excluding carboxylic acids is 4. The lowest BCUT2D eigenvalue weighted by atomic mass is 9.99. The van der Waals surface area contributed by atoms with Crippen LogP contribution in [0.15, 0.2) is 0 Å². The topological polar surface area (TPSA) is 237 Å². The number of esters is 4. The highest BCUT2D eigenvalue weighted by Crippen LogP contribution is 2.45. The van der Waals surface area contributed by atoms with Crippen molar-refractivity contribution in [1.29, 1.82) is 0 Å². The third-order valence-corrected chi connectivity index (χ3v) is 23.0. The Morgan fingerprint density at radius 2 is 0.477 bits per heavy atom. The highest BCUT2D eigenvalue weighted by molar-refractivity contribution is 7.47. The van der Waals surface area contributed by atoms with Crippen LogP contribution in [0.5, 0.6) is 0 Å². The van der Waals surface area contributed by atoms with E-state index in [1.165, 1.54) is 289 Å². The van der Waals surface area contributed by atoms with E-state index >= 15 is 0 Å². The summed E-state index contributed by atoms with van der Waals surface area (Å²) in [5.41, 5.74) is 0. The number of phosphoric ester groups is 2. The summed E-state index contributed by atoms with van der Waals surface area (Å²) in [5, 5.41) is 10.7. The molecule has 0 saturated heterocycles. The molecule has 17 nitrogen and oxygen atoms in total. The molecule has 3 unspecified atom stereocenters. The van der Waals surface area contributed by atoms with Gasteiger partial charge in [-0.25, -0.2) is 9.13 Å². The zero-order valence-corrected chi connectivity index (χ0v) is 72.2. The molecule has 0 bridgehead atoms. The number of unbranched alkanes of at least 4 members (excludes halogenated alkanes) is 56. The highest BCUT2D eigenvalue weighted by atomic mass is 31.2. The van der Waals surface area contributed by atoms with Crippen LogP contribution in [0, 0.1) is 11.8 Å². The maximum atomic E-state index is 13.2. The monoisotopic (exact) mass is 1560 g/mol. The van der Waals surface area contributed by atoms with E-state index in [1.807, 2.05) is 0 Å². The van der Waals surface area contributed by atoms with Gasteiger partial charge < -0.3 is 33.8 Å². The van der Waals surface area contributed by atoms with Crippen molar-refractivity contribution in [2.24, 2.45) is 11.8 Å². The van der Waals surface area contributed by atoms with Crippen molar-refractivity contribution >= 4 is 39.5 Å². The van der Waals surface area contributed by atoms with Crippen LogP contribution in [0.25, 0.3) is 0 Å². The minimum Gasteiger partial charge on any atom is -0.462 e. The molecule has 0 aromatic carbocycles. The van der Waals surface area contributed by atoms with Gasteiger partial charge in [-0.1, -0.05) is 420 Å². The minimum atomic E-state index is -4.97. The van der Waals surface area contributed by atoms with Crippen LogP contribution in [0.4, 0.5) is 0 Å². The molecular weight excluding hydrogens is 1390 g/mol. The van der Waals surface area contributed by atoms with E-state index in [-0.39, 0.29) is 25.7 Å². The summed E-state index contributed by atoms with van der Waals surface area (Å²) in [7, 11) is -9.93. The van der Waals surface area contributed by atoms with Crippen LogP contribution in [0.1, 0.15) is 472 Å². The summed E-state index contributed by atoms with van der Waals surface area (Å²) >= 11 is 0. The molecule has 0 spiro atoms.